The van der Waals surface area contributed by atoms with Crippen LogP contribution in [-0.2, 0) is 17.6 Å². The Morgan fingerprint density at radius 3 is 2.81 bits per heavy atom. The molecule has 0 spiro atoms. The molecule has 0 radical (unpaired) electrons. The molecule has 1 heterocycles. The number of aliphatic carboxylic acids is 1. The fourth-order valence-corrected chi connectivity index (χ4v) is 2.58. The van der Waals surface area contributed by atoms with Crippen molar-refractivity contribution in [2.45, 2.75) is 52.0 Å². The van der Waals surface area contributed by atoms with Crippen molar-refractivity contribution in [1.82, 2.24) is 9.55 Å². The van der Waals surface area contributed by atoms with Crippen molar-refractivity contribution in [2.24, 2.45) is 0 Å². The minimum atomic E-state index is -0.753. The summed E-state index contributed by atoms with van der Waals surface area (Å²) in [6, 6.07) is -0.450. The fraction of sp³-hybridized carbons (Fsp3) is 0.667. The third kappa shape index (κ3) is 1.72. The van der Waals surface area contributed by atoms with Crippen molar-refractivity contribution >= 4 is 5.97 Å². The zero-order valence-electron chi connectivity index (χ0n) is 9.86. The Morgan fingerprint density at radius 2 is 2.19 bits per heavy atom. The number of carboxylic acid groups (broad SMARTS) is 1. The fourth-order valence-electron chi connectivity index (χ4n) is 2.58. The highest BCUT2D eigenvalue weighted by Crippen LogP contribution is 2.26. The Kier molecular flexibility index (Phi) is 2.99. The van der Waals surface area contributed by atoms with Gasteiger partial charge in [-0.1, -0.05) is 6.92 Å². The van der Waals surface area contributed by atoms with Crippen LogP contribution >= 0.6 is 0 Å². The summed E-state index contributed by atoms with van der Waals surface area (Å²) in [7, 11) is 0. The number of hydrogen-bond donors (Lipinski definition) is 1. The second-order valence-electron chi connectivity index (χ2n) is 4.39. The van der Waals surface area contributed by atoms with Crippen molar-refractivity contribution in [3.05, 3.63) is 17.2 Å². The molecule has 1 N–H and O–H groups in total. The Bertz CT molecular complexity index is 409. The molecule has 0 aliphatic heterocycles. The van der Waals surface area contributed by atoms with E-state index in [1.807, 2.05) is 18.4 Å². The molecule has 0 saturated carbocycles. The highest BCUT2D eigenvalue weighted by molar-refractivity contribution is 5.72. The lowest BCUT2D eigenvalue weighted by molar-refractivity contribution is -0.141. The molecular formula is C12H18N2O2. The van der Waals surface area contributed by atoms with Crippen LogP contribution in [0.2, 0.25) is 0 Å². The first kappa shape index (κ1) is 11.2. The number of fused-ring (bicyclic) bond motifs is 1. The lowest BCUT2D eigenvalue weighted by Gasteiger charge is -2.19. The van der Waals surface area contributed by atoms with E-state index in [2.05, 4.69) is 4.98 Å². The number of aryl methyl sites for hydroxylation is 2. The number of rotatable bonds is 3. The highest BCUT2D eigenvalue weighted by Gasteiger charge is 2.26. The average molecular weight is 222 g/mol. The van der Waals surface area contributed by atoms with Gasteiger partial charge in [-0.05, 0) is 39.0 Å². The van der Waals surface area contributed by atoms with E-state index in [0.29, 0.717) is 6.42 Å². The van der Waals surface area contributed by atoms with Gasteiger partial charge in [0.2, 0.25) is 0 Å². The SMILES string of the molecule is CCC(C(=O)O)n1c(C)nc2c1CCCC2. The highest BCUT2D eigenvalue weighted by atomic mass is 16.4. The molecule has 0 saturated heterocycles. The van der Waals surface area contributed by atoms with E-state index in [-0.39, 0.29) is 0 Å². The summed E-state index contributed by atoms with van der Waals surface area (Å²) in [4.78, 5) is 15.7. The van der Waals surface area contributed by atoms with Gasteiger partial charge in [-0.25, -0.2) is 9.78 Å². The van der Waals surface area contributed by atoms with Gasteiger partial charge in [0.05, 0.1) is 5.69 Å². The maximum atomic E-state index is 11.2. The van der Waals surface area contributed by atoms with Crippen molar-refractivity contribution in [3.8, 4) is 0 Å². The van der Waals surface area contributed by atoms with Crippen LogP contribution in [0.5, 0.6) is 0 Å². The summed E-state index contributed by atoms with van der Waals surface area (Å²) in [6.45, 7) is 3.82. The predicted octanol–water partition coefficient (Wildman–Crippen LogP) is 2.11. The van der Waals surface area contributed by atoms with Crippen LogP contribution in [0.15, 0.2) is 0 Å². The van der Waals surface area contributed by atoms with Gasteiger partial charge in [0, 0.05) is 5.69 Å². The van der Waals surface area contributed by atoms with Crippen LogP contribution in [0.3, 0.4) is 0 Å². The molecule has 1 aromatic heterocycles. The molecule has 1 aromatic rings. The minimum absolute atomic E-state index is 0.450. The third-order valence-corrected chi connectivity index (χ3v) is 3.33. The second-order valence-corrected chi connectivity index (χ2v) is 4.39. The zero-order valence-corrected chi connectivity index (χ0v) is 9.86. The molecule has 4 heteroatoms. The largest absolute Gasteiger partial charge is 0.480 e. The number of carboxylic acids is 1. The summed E-state index contributed by atoms with van der Waals surface area (Å²) in [5, 5.41) is 9.22. The number of aromatic nitrogens is 2. The van der Waals surface area contributed by atoms with E-state index < -0.39 is 12.0 Å². The predicted molar refractivity (Wildman–Crippen MR) is 60.6 cm³/mol. The van der Waals surface area contributed by atoms with Crippen molar-refractivity contribution in [2.75, 3.05) is 0 Å². The molecule has 1 aliphatic carbocycles. The topological polar surface area (TPSA) is 55.1 Å². The van der Waals surface area contributed by atoms with Crippen molar-refractivity contribution in [1.29, 1.82) is 0 Å². The van der Waals surface area contributed by atoms with Gasteiger partial charge in [0.15, 0.2) is 0 Å². The van der Waals surface area contributed by atoms with E-state index in [4.69, 9.17) is 0 Å². The standard InChI is InChI=1S/C12H18N2O2/c1-3-10(12(15)16)14-8(2)13-9-6-4-5-7-11(9)14/h10H,3-7H2,1-2H3,(H,15,16). The van der Waals surface area contributed by atoms with Gasteiger partial charge in [-0.3, -0.25) is 0 Å². The van der Waals surface area contributed by atoms with E-state index >= 15 is 0 Å². The van der Waals surface area contributed by atoms with Gasteiger partial charge >= 0.3 is 5.97 Å². The molecule has 1 aliphatic rings. The molecule has 1 unspecified atom stereocenters. The van der Waals surface area contributed by atoms with Crippen LogP contribution in [0, 0.1) is 6.92 Å². The van der Waals surface area contributed by atoms with Crippen LogP contribution in [0.4, 0.5) is 0 Å². The smallest absolute Gasteiger partial charge is 0.326 e. The van der Waals surface area contributed by atoms with Crippen LogP contribution < -0.4 is 0 Å². The minimum Gasteiger partial charge on any atom is -0.480 e. The normalized spacial score (nSPS) is 16.9. The quantitative estimate of drug-likeness (QED) is 0.852. The van der Waals surface area contributed by atoms with E-state index in [1.54, 1.807) is 0 Å². The summed E-state index contributed by atoms with van der Waals surface area (Å²) < 4.78 is 1.93. The van der Waals surface area contributed by atoms with Gasteiger partial charge < -0.3 is 9.67 Å². The van der Waals surface area contributed by atoms with Crippen molar-refractivity contribution < 1.29 is 9.90 Å². The van der Waals surface area contributed by atoms with E-state index in [0.717, 1.165) is 36.5 Å². The van der Waals surface area contributed by atoms with Gasteiger partial charge in [-0.15, -0.1) is 0 Å². The lowest BCUT2D eigenvalue weighted by atomic mass is 10.0. The molecular weight excluding hydrogens is 204 g/mol. The van der Waals surface area contributed by atoms with Crippen LogP contribution in [0.25, 0.3) is 0 Å². The first-order valence-corrected chi connectivity index (χ1v) is 5.94. The van der Waals surface area contributed by atoms with E-state index in [1.165, 1.54) is 6.42 Å². The molecule has 4 nitrogen and oxygen atoms in total. The summed E-state index contributed by atoms with van der Waals surface area (Å²) in [5.41, 5.74) is 2.27. The van der Waals surface area contributed by atoms with Gasteiger partial charge in [0.1, 0.15) is 11.9 Å². The molecule has 88 valence electrons. The maximum absolute atomic E-state index is 11.2. The third-order valence-electron chi connectivity index (χ3n) is 3.33. The summed E-state index contributed by atoms with van der Waals surface area (Å²) in [6.07, 6.45) is 4.90. The number of carbonyl (C=O) groups is 1. The number of hydrogen-bond acceptors (Lipinski definition) is 2. The van der Waals surface area contributed by atoms with Gasteiger partial charge in [-0.2, -0.15) is 0 Å². The Hall–Kier alpha value is -1.32. The Labute approximate surface area is 95.3 Å². The van der Waals surface area contributed by atoms with Crippen LogP contribution in [0.1, 0.15) is 49.4 Å². The molecule has 0 bridgehead atoms. The number of nitrogens with zero attached hydrogens (tertiary/aromatic N) is 2. The molecule has 0 amide bonds. The average Bonchev–Trinajstić information content (AvgIpc) is 2.57. The molecule has 0 aromatic carbocycles. The van der Waals surface area contributed by atoms with E-state index in [9.17, 15) is 9.90 Å². The lowest BCUT2D eigenvalue weighted by Crippen LogP contribution is -2.22. The monoisotopic (exact) mass is 222 g/mol. The Balaban J connectivity index is 2.46. The zero-order chi connectivity index (χ0) is 11.7. The Morgan fingerprint density at radius 1 is 1.50 bits per heavy atom. The first-order chi connectivity index (χ1) is 7.65. The number of imidazole rings is 1. The molecule has 0 fully saturated rings. The molecule has 16 heavy (non-hydrogen) atoms. The molecule has 2 rings (SSSR count). The summed E-state index contributed by atoms with van der Waals surface area (Å²) >= 11 is 0. The maximum Gasteiger partial charge on any atom is 0.326 e. The van der Waals surface area contributed by atoms with Crippen molar-refractivity contribution in [3.63, 3.8) is 0 Å². The first-order valence-electron chi connectivity index (χ1n) is 5.94. The molecule has 1 atom stereocenters. The summed E-state index contributed by atoms with van der Waals surface area (Å²) in [5.74, 6) is 0.0949. The second kappa shape index (κ2) is 4.28. The van der Waals surface area contributed by atoms with Crippen LogP contribution in [-0.4, -0.2) is 20.6 Å². The van der Waals surface area contributed by atoms with Gasteiger partial charge in [0.25, 0.3) is 0 Å².